The molecule has 0 radical (unpaired) electrons. The molecule has 0 aliphatic carbocycles. The van der Waals surface area contributed by atoms with Crippen LogP contribution in [0.4, 0.5) is 0 Å². The van der Waals surface area contributed by atoms with Crippen LogP contribution in [0.2, 0.25) is 0 Å². The molecule has 1 aliphatic heterocycles. The number of hydrogen-bond donors (Lipinski definition) is 1. The molecule has 1 N–H and O–H groups in total. The van der Waals surface area contributed by atoms with Gasteiger partial charge in [0.25, 0.3) is 0 Å². The van der Waals surface area contributed by atoms with Gasteiger partial charge in [-0.05, 0) is 13.5 Å². The van der Waals surface area contributed by atoms with Gasteiger partial charge in [-0.3, -0.25) is 9.69 Å². The van der Waals surface area contributed by atoms with Crippen molar-refractivity contribution in [2.45, 2.75) is 18.2 Å². The smallest absolute Gasteiger partial charge is 0.233 e. The van der Waals surface area contributed by atoms with Crippen LogP contribution >= 0.6 is 15.9 Å². The zero-order valence-electron chi connectivity index (χ0n) is 10.2. The molecule has 1 rings (SSSR count). The summed E-state index contributed by atoms with van der Waals surface area (Å²) in [6.07, 6.45) is 0.834. The Labute approximate surface area is 106 Å². The largest absolute Gasteiger partial charge is 0.354 e. The van der Waals surface area contributed by atoms with Crippen LogP contribution in [0, 0.1) is 0 Å². The van der Waals surface area contributed by atoms with E-state index in [4.69, 9.17) is 0 Å². The molecule has 0 aromatic heterocycles. The van der Waals surface area contributed by atoms with Crippen LogP contribution in [0.15, 0.2) is 0 Å². The molecule has 1 amide bonds. The second-order valence-corrected chi connectivity index (χ2v) is 5.42. The van der Waals surface area contributed by atoms with E-state index in [0.717, 1.165) is 45.7 Å². The fourth-order valence-corrected chi connectivity index (χ4v) is 1.87. The van der Waals surface area contributed by atoms with E-state index in [1.54, 1.807) is 0 Å². The van der Waals surface area contributed by atoms with Crippen LogP contribution in [0.25, 0.3) is 0 Å². The van der Waals surface area contributed by atoms with Gasteiger partial charge in [-0.1, -0.05) is 22.9 Å². The highest BCUT2D eigenvalue weighted by molar-refractivity contribution is 9.10. The van der Waals surface area contributed by atoms with Gasteiger partial charge in [0.05, 0.1) is 4.83 Å². The van der Waals surface area contributed by atoms with Crippen LogP contribution in [0.1, 0.15) is 13.3 Å². The summed E-state index contributed by atoms with van der Waals surface area (Å²) >= 11 is 3.34. The van der Waals surface area contributed by atoms with Crippen molar-refractivity contribution in [3.8, 4) is 0 Å². The first kappa shape index (κ1) is 13.9. The van der Waals surface area contributed by atoms with E-state index in [0.29, 0.717) is 0 Å². The number of hydrogen-bond acceptors (Lipinski definition) is 3. The molecule has 0 aromatic rings. The van der Waals surface area contributed by atoms with Crippen LogP contribution in [0.3, 0.4) is 0 Å². The zero-order valence-corrected chi connectivity index (χ0v) is 11.8. The van der Waals surface area contributed by atoms with E-state index < -0.39 is 0 Å². The summed E-state index contributed by atoms with van der Waals surface area (Å²) < 4.78 is 0. The maximum atomic E-state index is 11.5. The van der Waals surface area contributed by atoms with Crippen LogP contribution < -0.4 is 5.32 Å². The lowest BCUT2D eigenvalue weighted by Crippen LogP contribution is -2.47. The molecule has 0 spiro atoms. The quantitative estimate of drug-likeness (QED) is 0.751. The summed E-state index contributed by atoms with van der Waals surface area (Å²) in [5.74, 6) is 0.108. The predicted octanol–water partition coefficient (Wildman–Crippen LogP) is 0.524. The predicted molar refractivity (Wildman–Crippen MR) is 70.0 cm³/mol. The van der Waals surface area contributed by atoms with Gasteiger partial charge < -0.3 is 10.2 Å². The Balaban J connectivity index is 2.09. The Morgan fingerprint density at radius 3 is 2.56 bits per heavy atom. The topological polar surface area (TPSA) is 35.6 Å². The van der Waals surface area contributed by atoms with Crippen LogP contribution in [-0.2, 0) is 4.79 Å². The van der Waals surface area contributed by atoms with Crippen molar-refractivity contribution in [2.75, 3.05) is 46.3 Å². The normalized spacial score (nSPS) is 20.7. The molecule has 0 bridgehead atoms. The van der Waals surface area contributed by atoms with Gasteiger partial charge in [0.1, 0.15) is 0 Å². The summed E-state index contributed by atoms with van der Waals surface area (Å²) in [4.78, 5) is 16.2. The molecular formula is C11H22BrN3O. The third kappa shape index (κ3) is 4.80. The Hall–Kier alpha value is -0.130. The lowest BCUT2D eigenvalue weighted by molar-refractivity contribution is -0.120. The second kappa shape index (κ2) is 7.25. The molecule has 5 heteroatoms. The highest BCUT2D eigenvalue weighted by Gasteiger charge is 2.15. The molecule has 1 aliphatic rings. The lowest BCUT2D eigenvalue weighted by Gasteiger charge is -2.32. The number of likely N-dealkylation sites (N-methyl/N-ethyl adjacent to an activating group) is 1. The molecule has 0 aromatic carbocycles. The van der Waals surface area contributed by atoms with Crippen LogP contribution in [-0.4, -0.2) is 66.9 Å². The minimum atomic E-state index is -0.0417. The van der Waals surface area contributed by atoms with Crippen molar-refractivity contribution in [1.29, 1.82) is 0 Å². The molecule has 1 saturated heterocycles. The monoisotopic (exact) mass is 291 g/mol. The number of carbonyl (C=O) groups is 1. The highest BCUT2D eigenvalue weighted by atomic mass is 79.9. The van der Waals surface area contributed by atoms with Gasteiger partial charge >= 0.3 is 0 Å². The van der Waals surface area contributed by atoms with E-state index in [9.17, 15) is 4.79 Å². The van der Waals surface area contributed by atoms with Crippen molar-refractivity contribution in [3.05, 3.63) is 0 Å². The molecule has 94 valence electrons. The van der Waals surface area contributed by atoms with E-state index in [1.807, 2.05) is 6.92 Å². The van der Waals surface area contributed by atoms with Crippen molar-refractivity contribution < 1.29 is 4.79 Å². The third-order valence-corrected chi connectivity index (χ3v) is 4.03. The van der Waals surface area contributed by atoms with E-state index in [1.165, 1.54) is 0 Å². The Bertz CT molecular complexity index is 217. The molecule has 0 saturated carbocycles. The van der Waals surface area contributed by atoms with Crippen molar-refractivity contribution in [3.63, 3.8) is 0 Å². The molecule has 16 heavy (non-hydrogen) atoms. The highest BCUT2D eigenvalue weighted by Crippen LogP contribution is 2.03. The number of halogens is 1. The van der Waals surface area contributed by atoms with E-state index in [-0.39, 0.29) is 10.7 Å². The fraction of sp³-hybridized carbons (Fsp3) is 0.909. The number of nitrogens with zero attached hydrogens (tertiary/aromatic N) is 2. The van der Waals surface area contributed by atoms with Gasteiger partial charge in [0.2, 0.25) is 5.91 Å². The Kier molecular flexibility index (Phi) is 6.31. The average molecular weight is 292 g/mol. The minimum absolute atomic E-state index is 0.0417. The zero-order chi connectivity index (χ0) is 12.0. The third-order valence-electron chi connectivity index (χ3n) is 2.97. The minimum Gasteiger partial charge on any atom is -0.354 e. The number of carbonyl (C=O) groups excluding carboxylic acids is 1. The van der Waals surface area contributed by atoms with Crippen LogP contribution in [0.5, 0.6) is 0 Å². The van der Waals surface area contributed by atoms with E-state index in [2.05, 4.69) is 38.1 Å². The van der Waals surface area contributed by atoms with E-state index >= 15 is 0 Å². The fourth-order valence-electron chi connectivity index (χ4n) is 1.70. The average Bonchev–Trinajstić information content (AvgIpc) is 2.30. The van der Waals surface area contributed by atoms with Crippen molar-refractivity contribution in [1.82, 2.24) is 15.1 Å². The number of nitrogens with one attached hydrogen (secondary N) is 1. The Morgan fingerprint density at radius 1 is 1.38 bits per heavy atom. The van der Waals surface area contributed by atoms with Gasteiger partial charge in [-0.25, -0.2) is 0 Å². The first-order valence-electron chi connectivity index (χ1n) is 5.96. The SMILES string of the molecule is CCC(Br)C(=O)NCCN1CCN(C)CC1. The first-order valence-corrected chi connectivity index (χ1v) is 6.87. The first-order chi connectivity index (χ1) is 7.63. The second-order valence-electron chi connectivity index (χ2n) is 4.31. The molecule has 1 unspecified atom stereocenters. The summed E-state index contributed by atoms with van der Waals surface area (Å²) in [7, 11) is 2.15. The molecule has 1 fully saturated rings. The molecular weight excluding hydrogens is 270 g/mol. The Morgan fingerprint density at radius 2 is 2.00 bits per heavy atom. The summed E-state index contributed by atoms with van der Waals surface area (Å²) in [6.45, 7) is 8.19. The number of amides is 1. The lowest BCUT2D eigenvalue weighted by atomic mass is 10.3. The maximum Gasteiger partial charge on any atom is 0.233 e. The number of alkyl halides is 1. The maximum absolute atomic E-state index is 11.5. The van der Waals surface area contributed by atoms with Gasteiger partial charge in [-0.15, -0.1) is 0 Å². The standard InChI is InChI=1S/C11H22BrN3O/c1-3-10(12)11(16)13-4-5-15-8-6-14(2)7-9-15/h10H,3-9H2,1-2H3,(H,13,16). The molecule has 1 heterocycles. The number of piperazine rings is 1. The van der Waals surface area contributed by atoms with Crippen molar-refractivity contribution >= 4 is 21.8 Å². The van der Waals surface area contributed by atoms with Gasteiger partial charge in [-0.2, -0.15) is 0 Å². The van der Waals surface area contributed by atoms with Gasteiger partial charge in [0.15, 0.2) is 0 Å². The molecule has 1 atom stereocenters. The number of rotatable bonds is 5. The summed E-state index contributed by atoms with van der Waals surface area (Å²) in [6, 6.07) is 0. The molecule has 4 nitrogen and oxygen atoms in total. The summed E-state index contributed by atoms with van der Waals surface area (Å²) in [5.41, 5.74) is 0. The van der Waals surface area contributed by atoms with Gasteiger partial charge in [0, 0.05) is 39.3 Å². The summed E-state index contributed by atoms with van der Waals surface area (Å²) in [5, 5.41) is 2.95. The van der Waals surface area contributed by atoms with Crippen molar-refractivity contribution in [2.24, 2.45) is 0 Å².